The average molecular weight is 249 g/mol. The molecule has 18 heavy (non-hydrogen) atoms. The van der Waals surface area contributed by atoms with E-state index in [2.05, 4.69) is 45.0 Å². The third kappa shape index (κ3) is 4.43. The van der Waals surface area contributed by atoms with Crippen molar-refractivity contribution < 1.29 is 4.74 Å². The van der Waals surface area contributed by atoms with Gasteiger partial charge >= 0.3 is 0 Å². The smallest absolute Gasteiger partial charge is 0.0763 e. The van der Waals surface area contributed by atoms with Gasteiger partial charge in [0.05, 0.1) is 12.1 Å². The van der Waals surface area contributed by atoms with Crippen LogP contribution in [0.25, 0.3) is 0 Å². The highest BCUT2D eigenvalue weighted by molar-refractivity contribution is 5.27. The molecule has 1 aromatic carbocycles. The van der Waals surface area contributed by atoms with Gasteiger partial charge < -0.3 is 10.5 Å². The first kappa shape index (κ1) is 15.2. The summed E-state index contributed by atoms with van der Waals surface area (Å²) >= 11 is 0. The highest BCUT2D eigenvalue weighted by Crippen LogP contribution is 2.21. The first-order chi connectivity index (χ1) is 8.58. The maximum atomic E-state index is 6.31. The number of methoxy groups -OCH3 is 1. The quantitative estimate of drug-likeness (QED) is 0.799. The monoisotopic (exact) mass is 249 g/mol. The van der Waals surface area contributed by atoms with Gasteiger partial charge in [0, 0.05) is 7.11 Å². The molecule has 1 aromatic rings. The lowest BCUT2D eigenvalue weighted by Gasteiger charge is -2.23. The second kappa shape index (κ2) is 7.55. The Bertz CT molecular complexity index is 349. The van der Waals surface area contributed by atoms with Gasteiger partial charge in [0.2, 0.25) is 0 Å². The Morgan fingerprint density at radius 3 is 2.56 bits per heavy atom. The van der Waals surface area contributed by atoms with E-state index in [4.69, 9.17) is 10.5 Å². The zero-order valence-corrected chi connectivity index (χ0v) is 12.1. The fourth-order valence-corrected chi connectivity index (χ4v) is 2.34. The van der Waals surface area contributed by atoms with Crippen molar-refractivity contribution in [2.24, 2.45) is 11.7 Å². The van der Waals surface area contributed by atoms with Crippen LogP contribution in [0.3, 0.4) is 0 Å². The molecule has 2 unspecified atom stereocenters. The van der Waals surface area contributed by atoms with Crippen LogP contribution in [0.5, 0.6) is 0 Å². The molecule has 0 amide bonds. The summed E-state index contributed by atoms with van der Waals surface area (Å²) in [6, 6.07) is 8.59. The van der Waals surface area contributed by atoms with Gasteiger partial charge in [0.1, 0.15) is 0 Å². The van der Waals surface area contributed by atoms with Crippen molar-refractivity contribution in [1.29, 1.82) is 0 Å². The highest BCUT2D eigenvalue weighted by Gasteiger charge is 2.18. The third-order valence-electron chi connectivity index (χ3n) is 3.26. The van der Waals surface area contributed by atoms with E-state index in [9.17, 15) is 0 Å². The minimum atomic E-state index is -0.0259. The van der Waals surface area contributed by atoms with Crippen LogP contribution in [0.4, 0.5) is 0 Å². The van der Waals surface area contributed by atoms with Gasteiger partial charge in [-0.1, -0.05) is 51.5 Å². The van der Waals surface area contributed by atoms with Gasteiger partial charge in [-0.2, -0.15) is 0 Å². The van der Waals surface area contributed by atoms with E-state index in [1.54, 1.807) is 7.11 Å². The maximum absolute atomic E-state index is 6.31. The van der Waals surface area contributed by atoms with Crippen LogP contribution in [-0.2, 0) is 11.2 Å². The molecule has 0 aliphatic heterocycles. The second-order valence-corrected chi connectivity index (χ2v) is 5.43. The van der Waals surface area contributed by atoms with Crippen LogP contribution in [0.15, 0.2) is 24.3 Å². The van der Waals surface area contributed by atoms with Crippen LogP contribution in [0.2, 0.25) is 0 Å². The van der Waals surface area contributed by atoms with Gasteiger partial charge in [-0.25, -0.2) is 0 Å². The van der Waals surface area contributed by atoms with Crippen molar-refractivity contribution >= 4 is 0 Å². The van der Waals surface area contributed by atoms with E-state index in [1.165, 1.54) is 11.1 Å². The van der Waals surface area contributed by atoms with E-state index < -0.39 is 0 Å². The normalized spacial score (nSPS) is 14.8. The van der Waals surface area contributed by atoms with Crippen LogP contribution in [0.1, 0.15) is 50.8 Å². The Balaban J connectivity index is 2.81. The standard InChI is InChI=1S/C16H27NO/c1-5-7-15(18-4)16(17)14-9-6-8-13(11-14)10-12(2)3/h6,8-9,11-12,15-16H,5,7,10,17H2,1-4H3. The average Bonchev–Trinajstić information content (AvgIpc) is 2.34. The molecule has 0 aromatic heterocycles. The van der Waals surface area contributed by atoms with E-state index in [0.717, 1.165) is 19.3 Å². The van der Waals surface area contributed by atoms with Gasteiger partial charge in [-0.3, -0.25) is 0 Å². The molecule has 0 spiro atoms. The van der Waals surface area contributed by atoms with Gasteiger partial charge in [0.25, 0.3) is 0 Å². The minimum Gasteiger partial charge on any atom is -0.379 e. The molecule has 0 fully saturated rings. The lowest BCUT2D eigenvalue weighted by molar-refractivity contribution is 0.0725. The summed E-state index contributed by atoms with van der Waals surface area (Å²) in [5, 5.41) is 0. The second-order valence-electron chi connectivity index (χ2n) is 5.43. The van der Waals surface area contributed by atoms with Crippen molar-refractivity contribution in [2.45, 2.75) is 52.2 Å². The Kier molecular flexibility index (Phi) is 6.37. The molecule has 0 aliphatic carbocycles. The summed E-state index contributed by atoms with van der Waals surface area (Å²) in [6.07, 6.45) is 3.32. The zero-order chi connectivity index (χ0) is 13.5. The molecule has 2 N–H and O–H groups in total. The van der Waals surface area contributed by atoms with E-state index in [0.29, 0.717) is 5.92 Å². The Morgan fingerprint density at radius 2 is 2.00 bits per heavy atom. The summed E-state index contributed by atoms with van der Waals surface area (Å²) in [7, 11) is 1.75. The SMILES string of the molecule is CCCC(OC)C(N)c1cccc(CC(C)C)c1. The van der Waals surface area contributed by atoms with Crippen LogP contribution >= 0.6 is 0 Å². The van der Waals surface area contributed by atoms with E-state index in [-0.39, 0.29) is 12.1 Å². The Hall–Kier alpha value is -0.860. The first-order valence-electron chi connectivity index (χ1n) is 6.95. The number of benzene rings is 1. The molecule has 2 atom stereocenters. The molecule has 0 aliphatic rings. The number of hydrogen-bond acceptors (Lipinski definition) is 2. The number of nitrogens with two attached hydrogens (primary N) is 1. The van der Waals surface area contributed by atoms with Crippen molar-refractivity contribution in [1.82, 2.24) is 0 Å². The third-order valence-corrected chi connectivity index (χ3v) is 3.26. The predicted molar refractivity (Wildman–Crippen MR) is 77.6 cm³/mol. The Morgan fingerprint density at radius 1 is 1.28 bits per heavy atom. The van der Waals surface area contributed by atoms with Gasteiger partial charge in [0.15, 0.2) is 0 Å². The van der Waals surface area contributed by atoms with Crippen molar-refractivity contribution in [2.75, 3.05) is 7.11 Å². The fourth-order valence-electron chi connectivity index (χ4n) is 2.34. The molecule has 0 saturated carbocycles. The number of rotatable bonds is 7. The molecule has 1 rings (SSSR count). The molecule has 102 valence electrons. The number of hydrogen-bond donors (Lipinski definition) is 1. The van der Waals surface area contributed by atoms with Crippen molar-refractivity contribution in [3.05, 3.63) is 35.4 Å². The summed E-state index contributed by atoms with van der Waals surface area (Å²) in [5.74, 6) is 0.672. The van der Waals surface area contributed by atoms with Gasteiger partial charge in [-0.05, 0) is 29.9 Å². The van der Waals surface area contributed by atoms with Crippen molar-refractivity contribution in [3.63, 3.8) is 0 Å². The van der Waals surface area contributed by atoms with Crippen LogP contribution in [-0.4, -0.2) is 13.2 Å². The van der Waals surface area contributed by atoms with Crippen LogP contribution in [0, 0.1) is 5.92 Å². The molecule has 0 heterocycles. The first-order valence-corrected chi connectivity index (χ1v) is 6.95. The maximum Gasteiger partial charge on any atom is 0.0763 e. The Labute approximate surface area is 112 Å². The molecule has 0 saturated heterocycles. The molecule has 2 nitrogen and oxygen atoms in total. The molecule has 0 bridgehead atoms. The molecular weight excluding hydrogens is 222 g/mol. The molecule has 0 radical (unpaired) electrons. The summed E-state index contributed by atoms with van der Waals surface area (Å²) < 4.78 is 5.50. The highest BCUT2D eigenvalue weighted by atomic mass is 16.5. The molecule has 2 heteroatoms. The van der Waals surface area contributed by atoms with Crippen LogP contribution < -0.4 is 5.73 Å². The minimum absolute atomic E-state index is 0.0259. The topological polar surface area (TPSA) is 35.2 Å². The lowest BCUT2D eigenvalue weighted by atomic mass is 9.95. The van der Waals surface area contributed by atoms with E-state index in [1.807, 2.05) is 0 Å². The summed E-state index contributed by atoms with van der Waals surface area (Å²) in [4.78, 5) is 0. The zero-order valence-electron chi connectivity index (χ0n) is 12.1. The summed E-state index contributed by atoms with van der Waals surface area (Å²) in [5.41, 5.74) is 8.86. The van der Waals surface area contributed by atoms with Gasteiger partial charge in [-0.15, -0.1) is 0 Å². The van der Waals surface area contributed by atoms with Crippen molar-refractivity contribution in [3.8, 4) is 0 Å². The predicted octanol–water partition coefficient (Wildman–Crippen LogP) is 3.70. The van der Waals surface area contributed by atoms with E-state index >= 15 is 0 Å². The fraction of sp³-hybridized carbons (Fsp3) is 0.625. The lowest BCUT2D eigenvalue weighted by Crippen LogP contribution is -2.28. The largest absolute Gasteiger partial charge is 0.379 e. The summed E-state index contributed by atoms with van der Waals surface area (Å²) in [6.45, 7) is 6.64. The number of ether oxygens (including phenoxy) is 1. The molecular formula is C16H27NO.